The van der Waals surface area contributed by atoms with Crippen molar-refractivity contribution in [1.82, 2.24) is 5.43 Å². The van der Waals surface area contributed by atoms with Crippen molar-refractivity contribution in [2.24, 2.45) is 10.9 Å². The summed E-state index contributed by atoms with van der Waals surface area (Å²) >= 11 is 1.51. The number of hydrazone groups is 1. The zero-order valence-corrected chi connectivity index (χ0v) is 16.6. The van der Waals surface area contributed by atoms with Crippen molar-refractivity contribution in [3.8, 4) is 0 Å². The second-order valence-electron chi connectivity index (χ2n) is 6.90. The molecular formula is C20H22N3O4S+. The quantitative estimate of drug-likeness (QED) is 0.741. The van der Waals surface area contributed by atoms with Crippen LogP contribution in [-0.4, -0.2) is 48.4 Å². The van der Waals surface area contributed by atoms with Crippen LogP contribution in [0, 0.1) is 5.92 Å². The number of carbonyl (C=O) groups excluding carboxylic acids is 2. The summed E-state index contributed by atoms with van der Waals surface area (Å²) in [5, 5.41) is 1.93. The van der Waals surface area contributed by atoms with Crippen molar-refractivity contribution in [1.29, 1.82) is 0 Å². The van der Waals surface area contributed by atoms with Gasteiger partial charge < -0.3 is 9.47 Å². The molecule has 8 heteroatoms. The third-order valence-corrected chi connectivity index (χ3v) is 6.04. The Balaban J connectivity index is 1.68. The van der Waals surface area contributed by atoms with Crippen LogP contribution < -0.4 is 5.43 Å². The van der Waals surface area contributed by atoms with Crippen molar-refractivity contribution in [2.45, 2.75) is 31.8 Å². The number of thiophene rings is 1. The average Bonchev–Trinajstić information content (AvgIpc) is 3.15. The molecule has 1 aromatic heterocycles. The molecule has 4 rings (SSSR count). The lowest BCUT2D eigenvalue weighted by molar-refractivity contribution is -0.496. The molecule has 2 heterocycles. The van der Waals surface area contributed by atoms with Gasteiger partial charge in [0.05, 0.1) is 19.4 Å². The van der Waals surface area contributed by atoms with Crippen molar-refractivity contribution < 1.29 is 23.7 Å². The second kappa shape index (κ2) is 7.81. The van der Waals surface area contributed by atoms with Crippen molar-refractivity contribution >= 4 is 34.7 Å². The van der Waals surface area contributed by atoms with Gasteiger partial charge in [-0.15, -0.1) is 11.3 Å². The summed E-state index contributed by atoms with van der Waals surface area (Å²) in [7, 11) is 3.12. The highest BCUT2D eigenvalue weighted by Crippen LogP contribution is 2.31. The number of hydrogen-bond acceptors (Lipinski definition) is 6. The largest absolute Gasteiger partial charge is 0.498 e. The fraction of sp³-hybridized carbons (Fsp3) is 0.400. The van der Waals surface area contributed by atoms with Gasteiger partial charge in [0.15, 0.2) is 5.71 Å². The van der Waals surface area contributed by atoms with Crippen LogP contribution in [0.2, 0.25) is 0 Å². The van der Waals surface area contributed by atoms with Crippen LogP contribution >= 0.6 is 11.3 Å². The maximum Gasteiger partial charge on any atom is 0.368 e. The first-order valence-corrected chi connectivity index (χ1v) is 10.1. The molecule has 0 saturated heterocycles. The van der Waals surface area contributed by atoms with Gasteiger partial charge in [-0.05, 0) is 35.4 Å². The standard InChI is InChI=1S/C20H21N3O4S/c1-26-16-10-14-15(11-17(16)27-2)21-19(12-5-3-6-12)23(20(14)25)22-18(24)9-13-7-4-8-28-13/h4,7-8,10-12,16H,3,5-6,9H2,1-2H3/p+1. The van der Waals surface area contributed by atoms with E-state index in [-0.39, 0.29) is 24.2 Å². The molecule has 2 amide bonds. The topological polar surface area (TPSA) is 80.0 Å². The van der Waals surface area contributed by atoms with E-state index in [4.69, 9.17) is 14.5 Å². The number of carbonyl (C=O) groups is 2. The van der Waals surface area contributed by atoms with Crippen LogP contribution in [-0.2, 0) is 25.5 Å². The minimum Gasteiger partial charge on any atom is -0.498 e. The first-order chi connectivity index (χ1) is 13.6. The van der Waals surface area contributed by atoms with Crippen LogP contribution in [0.25, 0.3) is 0 Å². The fourth-order valence-electron chi connectivity index (χ4n) is 3.43. The molecule has 1 saturated carbocycles. The summed E-state index contributed by atoms with van der Waals surface area (Å²) < 4.78 is 12.1. The summed E-state index contributed by atoms with van der Waals surface area (Å²) in [5.41, 5.74) is 3.74. The minimum atomic E-state index is -0.461. The Morgan fingerprint density at radius 3 is 2.82 bits per heavy atom. The lowest BCUT2D eigenvalue weighted by Crippen LogP contribution is -2.50. The van der Waals surface area contributed by atoms with Gasteiger partial charge in [0, 0.05) is 18.1 Å². The lowest BCUT2D eigenvalue weighted by Gasteiger charge is -2.26. The monoisotopic (exact) mass is 400 g/mol. The molecule has 2 aliphatic carbocycles. The zero-order chi connectivity index (χ0) is 19.7. The Hall–Kier alpha value is -2.58. The number of amidine groups is 1. The highest BCUT2D eigenvalue weighted by molar-refractivity contribution is 7.10. The van der Waals surface area contributed by atoms with E-state index >= 15 is 0 Å². The van der Waals surface area contributed by atoms with Gasteiger partial charge in [-0.2, -0.15) is 5.43 Å². The Kier molecular flexibility index (Phi) is 5.23. The molecule has 1 aliphatic heterocycles. The second-order valence-corrected chi connectivity index (χ2v) is 7.93. The summed E-state index contributed by atoms with van der Waals surface area (Å²) in [4.78, 5) is 31.4. The third-order valence-electron chi connectivity index (χ3n) is 5.16. The normalized spacial score (nSPS) is 22.0. The first kappa shape index (κ1) is 18.8. The van der Waals surface area contributed by atoms with Crippen LogP contribution in [0.4, 0.5) is 0 Å². The van der Waals surface area contributed by atoms with E-state index in [0.717, 1.165) is 24.1 Å². The lowest BCUT2D eigenvalue weighted by atomic mass is 9.83. The Bertz CT molecular complexity index is 923. The number of fused-ring (bicyclic) bond motifs is 1. The van der Waals surface area contributed by atoms with Gasteiger partial charge in [0.2, 0.25) is 0 Å². The van der Waals surface area contributed by atoms with Gasteiger partial charge in [0.25, 0.3) is 5.91 Å². The molecule has 0 radical (unpaired) electrons. The van der Waals surface area contributed by atoms with Gasteiger partial charge in [-0.3, -0.25) is 4.79 Å². The predicted octanol–water partition coefficient (Wildman–Crippen LogP) is 2.00. The number of ether oxygens (including phenoxy) is 2. The number of hydrogen-bond donors (Lipinski definition) is 1. The number of amides is 2. The van der Waals surface area contributed by atoms with E-state index in [1.54, 1.807) is 26.4 Å². The van der Waals surface area contributed by atoms with E-state index in [1.165, 1.54) is 16.0 Å². The number of methoxy groups -OCH3 is 2. The first-order valence-electron chi connectivity index (χ1n) is 9.23. The number of allylic oxidation sites excluding steroid dienone is 1. The molecule has 1 fully saturated rings. The summed E-state index contributed by atoms with van der Waals surface area (Å²) in [6.45, 7) is 0. The molecule has 1 atom stereocenters. The maximum atomic E-state index is 13.2. The molecule has 0 bridgehead atoms. The van der Waals surface area contributed by atoms with Gasteiger partial charge in [-0.1, -0.05) is 17.2 Å². The molecule has 7 nitrogen and oxygen atoms in total. The van der Waals surface area contributed by atoms with E-state index in [0.29, 0.717) is 22.9 Å². The van der Waals surface area contributed by atoms with Crippen molar-refractivity contribution in [2.75, 3.05) is 14.2 Å². The summed E-state index contributed by atoms with van der Waals surface area (Å²) in [6, 6.07) is 3.80. The highest BCUT2D eigenvalue weighted by atomic mass is 32.1. The number of aliphatic imine (C=N–C) groups is 1. The zero-order valence-electron chi connectivity index (χ0n) is 15.8. The van der Waals surface area contributed by atoms with Crippen LogP contribution in [0.3, 0.4) is 0 Å². The van der Waals surface area contributed by atoms with Crippen molar-refractivity contribution in [3.05, 3.63) is 45.9 Å². The van der Waals surface area contributed by atoms with E-state index in [1.807, 2.05) is 17.5 Å². The number of hydrazine groups is 1. The third kappa shape index (κ3) is 3.45. The highest BCUT2D eigenvalue weighted by Gasteiger charge is 2.43. The van der Waals surface area contributed by atoms with Gasteiger partial charge in [0.1, 0.15) is 17.4 Å². The molecule has 146 valence electrons. The predicted molar refractivity (Wildman–Crippen MR) is 105 cm³/mol. The van der Waals surface area contributed by atoms with E-state index in [2.05, 4.69) is 5.43 Å². The Morgan fingerprint density at radius 2 is 2.21 bits per heavy atom. The SMILES string of the molecule is COC1=CC2=NC(C3CCC3)=[N+](NC(=O)Cc3cccs3)C(=O)C2=CC1OC. The van der Waals surface area contributed by atoms with Gasteiger partial charge >= 0.3 is 11.7 Å². The average molecular weight is 400 g/mol. The summed E-state index contributed by atoms with van der Waals surface area (Å²) in [5.74, 6) is 0.838. The molecule has 3 aliphatic rings. The number of nitrogens with one attached hydrogen (secondary N) is 1. The molecule has 0 aromatic carbocycles. The fourth-order valence-corrected chi connectivity index (χ4v) is 4.13. The van der Waals surface area contributed by atoms with Crippen LogP contribution in [0.15, 0.2) is 46.0 Å². The number of nitrogens with zero attached hydrogens (tertiary/aromatic N) is 2. The maximum absolute atomic E-state index is 13.2. The molecule has 1 unspecified atom stereocenters. The van der Waals surface area contributed by atoms with E-state index < -0.39 is 6.10 Å². The number of rotatable bonds is 6. The molecular weight excluding hydrogens is 378 g/mol. The van der Waals surface area contributed by atoms with Crippen molar-refractivity contribution in [3.63, 3.8) is 0 Å². The van der Waals surface area contributed by atoms with E-state index in [9.17, 15) is 9.59 Å². The van der Waals surface area contributed by atoms with Crippen LogP contribution in [0.1, 0.15) is 24.1 Å². The van der Waals surface area contributed by atoms with Gasteiger partial charge in [-0.25, -0.2) is 4.79 Å². The molecule has 1 N–H and O–H groups in total. The molecule has 0 spiro atoms. The molecule has 1 aromatic rings. The molecule has 28 heavy (non-hydrogen) atoms. The Morgan fingerprint density at radius 1 is 1.39 bits per heavy atom. The summed E-state index contributed by atoms with van der Waals surface area (Å²) in [6.07, 6.45) is 6.20. The minimum absolute atomic E-state index is 0.166. The van der Waals surface area contributed by atoms with Crippen LogP contribution in [0.5, 0.6) is 0 Å². The Labute approximate surface area is 167 Å². The smallest absolute Gasteiger partial charge is 0.368 e.